The van der Waals surface area contributed by atoms with E-state index in [9.17, 15) is 4.79 Å². The molecule has 0 bridgehead atoms. The molecule has 1 aliphatic rings. The topological polar surface area (TPSA) is 38.3 Å². The molecule has 1 fully saturated rings. The second-order valence-corrected chi connectivity index (χ2v) is 6.36. The fraction of sp³-hybridized carbons (Fsp3) is 0.438. The quantitative estimate of drug-likeness (QED) is 0.793. The number of carbonyl (C=O) groups excluding carboxylic acids is 1. The van der Waals surface area contributed by atoms with Crippen LogP contribution in [0.15, 0.2) is 30.3 Å². The van der Waals surface area contributed by atoms with Gasteiger partial charge in [-0.3, -0.25) is 4.79 Å². The number of hydrogen-bond acceptors (Lipinski definition) is 3. The number of carbonyl (C=O) groups is 1. The molecule has 0 radical (unpaired) electrons. The van der Waals surface area contributed by atoms with Crippen molar-refractivity contribution < 1.29 is 9.53 Å². The van der Waals surface area contributed by atoms with Crippen LogP contribution in [0.5, 0.6) is 0 Å². The van der Waals surface area contributed by atoms with Gasteiger partial charge in [-0.2, -0.15) is 0 Å². The highest BCUT2D eigenvalue weighted by molar-refractivity contribution is 7.20. The molecule has 4 heteroatoms. The summed E-state index contributed by atoms with van der Waals surface area (Å²) < 4.78 is 6.70. The predicted octanol–water partition coefficient (Wildman–Crippen LogP) is 3.45. The van der Waals surface area contributed by atoms with E-state index in [0.717, 1.165) is 40.5 Å². The van der Waals surface area contributed by atoms with Crippen molar-refractivity contribution in [1.29, 1.82) is 0 Å². The number of hydrogen-bond donors (Lipinski definition) is 1. The largest absolute Gasteiger partial charge is 0.381 e. The molecule has 1 saturated carbocycles. The van der Waals surface area contributed by atoms with E-state index in [4.69, 9.17) is 4.74 Å². The Hall–Kier alpha value is -1.39. The van der Waals surface area contributed by atoms with Crippen molar-refractivity contribution in [2.24, 2.45) is 5.92 Å². The number of amides is 1. The molecule has 1 aromatic carbocycles. The Morgan fingerprint density at radius 2 is 2.20 bits per heavy atom. The number of ether oxygens (including phenoxy) is 1. The highest BCUT2D eigenvalue weighted by Gasteiger charge is 2.20. The minimum Gasteiger partial charge on any atom is -0.381 e. The SMILES string of the molecule is O=C(NCCCOCC1CC1)c1cc2ccccc2s1. The highest BCUT2D eigenvalue weighted by Crippen LogP contribution is 2.28. The van der Waals surface area contributed by atoms with Crippen LogP contribution in [0.4, 0.5) is 0 Å². The summed E-state index contributed by atoms with van der Waals surface area (Å²) in [6.45, 7) is 2.31. The van der Waals surface area contributed by atoms with Gasteiger partial charge in [-0.25, -0.2) is 0 Å². The van der Waals surface area contributed by atoms with E-state index in [-0.39, 0.29) is 5.91 Å². The van der Waals surface area contributed by atoms with Crippen molar-refractivity contribution in [3.63, 3.8) is 0 Å². The molecule has 1 aromatic heterocycles. The lowest BCUT2D eigenvalue weighted by Crippen LogP contribution is -2.24. The molecule has 3 nitrogen and oxygen atoms in total. The minimum absolute atomic E-state index is 0.0217. The third kappa shape index (κ3) is 3.58. The molecule has 1 heterocycles. The maximum Gasteiger partial charge on any atom is 0.261 e. The first-order valence-electron chi connectivity index (χ1n) is 7.17. The smallest absolute Gasteiger partial charge is 0.261 e. The van der Waals surface area contributed by atoms with Crippen molar-refractivity contribution >= 4 is 27.3 Å². The zero-order chi connectivity index (χ0) is 13.8. The van der Waals surface area contributed by atoms with Gasteiger partial charge in [0.1, 0.15) is 0 Å². The summed E-state index contributed by atoms with van der Waals surface area (Å²) in [6.07, 6.45) is 3.52. The molecular weight excluding hydrogens is 270 g/mol. The first kappa shape index (κ1) is 13.6. The van der Waals surface area contributed by atoms with Gasteiger partial charge in [0.05, 0.1) is 4.88 Å². The second kappa shape index (κ2) is 6.37. The molecular formula is C16H19NO2S. The van der Waals surface area contributed by atoms with Crippen molar-refractivity contribution in [2.45, 2.75) is 19.3 Å². The average Bonchev–Trinajstić information content (AvgIpc) is 3.18. The Balaban J connectivity index is 1.41. The van der Waals surface area contributed by atoms with E-state index >= 15 is 0 Å². The summed E-state index contributed by atoms with van der Waals surface area (Å²) in [5, 5.41) is 4.09. The number of rotatable bonds is 7. The van der Waals surface area contributed by atoms with Gasteiger partial charge >= 0.3 is 0 Å². The van der Waals surface area contributed by atoms with Gasteiger partial charge in [-0.1, -0.05) is 18.2 Å². The van der Waals surface area contributed by atoms with Gasteiger partial charge in [0, 0.05) is 24.5 Å². The van der Waals surface area contributed by atoms with Gasteiger partial charge in [-0.05, 0) is 42.7 Å². The third-order valence-corrected chi connectivity index (χ3v) is 4.57. The lowest BCUT2D eigenvalue weighted by molar-refractivity contribution is 0.0941. The zero-order valence-corrected chi connectivity index (χ0v) is 12.2. The molecule has 0 atom stereocenters. The van der Waals surface area contributed by atoms with Crippen LogP contribution in [0, 0.1) is 5.92 Å². The Morgan fingerprint density at radius 1 is 1.35 bits per heavy atom. The van der Waals surface area contributed by atoms with Gasteiger partial charge in [0.15, 0.2) is 0 Å². The van der Waals surface area contributed by atoms with E-state index in [1.54, 1.807) is 11.3 Å². The molecule has 1 aliphatic carbocycles. The first-order chi connectivity index (χ1) is 9.83. The van der Waals surface area contributed by atoms with Crippen LogP contribution in [0.1, 0.15) is 28.9 Å². The Labute approximate surface area is 122 Å². The van der Waals surface area contributed by atoms with Gasteiger partial charge in [0.2, 0.25) is 0 Å². The lowest BCUT2D eigenvalue weighted by atomic mass is 10.2. The molecule has 0 aliphatic heterocycles. The summed E-state index contributed by atoms with van der Waals surface area (Å²) in [5.41, 5.74) is 0. The van der Waals surface area contributed by atoms with Crippen LogP contribution in [-0.4, -0.2) is 25.7 Å². The number of nitrogens with one attached hydrogen (secondary N) is 1. The summed E-state index contributed by atoms with van der Waals surface area (Å²) in [5.74, 6) is 0.830. The van der Waals surface area contributed by atoms with E-state index in [0.29, 0.717) is 6.54 Å². The van der Waals surface area contributed by atoms with Gasteiger partial charge < -0.3 is 10.1 Å². The second-order valence-electron chi connectivity index (χ2n) is 5.28. The fourth-order valence-corrected chi connectivity index (χ4v) is 3.07. The first-order valence-corrected chi connectivity index (χ1v) is 7.99. The summed E-state index contributed by atoms with van der Waals surface area (Å²) in [4.78, 5) is 12.8. The third-order valence-electron chi connectivity index (χ3n) is 3.45. The van der Waals surface area contributed by atoms with Crippen LogP contribution in [0.3, 0.4) is 0 Å². The molecule has 1 amide bonds. The summed E-state index contributed by atoms with van der Waals surface area (Å²) in [6, 6.07) is 10.0. The average molecular weight is 289 g/mol. The normalized spacial score (nSPS) is 14.6. The fourth-order valence-electron chi connectivity index (χ4n) is 2.09. The van der Waals surface area contributed by atoms with Crippen LogP contribution < -0.4 is 5.32 Å². The van der Waals surface area contributed by atoms with Crippen molar-refractivity contribution in [2.75, 3.05) is 19.8 Å². The standard InChI is InChI=1S/C16H19NO2S/c18-16(17-8-3-9-19-11-12-6-7-12)15-10-13-4-1-2-5-14(13)20-15/h1-2,4-5,10,12H,3,6-9,11H2,(H,17,18). The molecule has 2 aromatic rings. The van der Waals surface area contributed by atoms with E-state index in [1.165, 1.54) is 12.8 Å². The summed E-state index contributed by atoms with van der Waals surface area (Å²) in [7, 11) is 0. The molecule has 20 heavy (non-hydrogen) atoms. The molecule has 0 unspecified atom stereocenters. The van der Waals surface area contributed by atoms with Crippen LogP contribution in [-0.2, 0) is 4.74 Å². The Morgan fingerprint density at radius 3 is 3.00 bits per heavy atom. The van der Waals surface area contributed by atoms with Gasteiger partial charge in [-0.15, -0.1) is 11.3 Å². The predicted molar refractivity (Wildman–Crippen MR) is 82.3 cm³/mol. The van der Waals surface area contributed by atoms with Crippen LogP contribution in [0.2, 0.25) is 0 Å². The molecule has 0 spiro atoms. The van der Waals surface area contributed by atoms with Crippen LogP contribution in [0.25, 0.3) is 10.1 Å². The number of thiophene rings is 1. The van der Waals surface area contributed by atoms with Crippen molar-refractivity contribution in [3.8, 4) is 0 Å². The number of fused-ring (bicyclic) bond motifs is 1. The van der Waals surface area contributed by atoms with E-state index in [1.807, 2.05) is 30.3 Å². The van der Waals surface area contributed by atoms with Gasteiger partial charge in [0.25, 0.3) is 5.91 Å². The van der Waals surface area contributed by atoms with Crippen molar-refractivity contribution in [1.82, 2.24) is 5.32 Å². The van der Waals surface area contributed by atoms with Crippen molar-refractivity contribution in [3.05, 3.63) is 35.2 Å². The Bertz CT molecular complexity index is 556. The minimum atomic E-state index is 0.0217. The van der Waals surface area contributed by atoms with Crippen LogP contribution >= 0.6 is 11.3 Å². The Kier molecular flexibility index (Phi) is 4.33. The van der Waals surface area contributed by atoms with E-state index < -0.39 is 0 Å². The highest BCUT2D eigenvalue weighted by atomic mass is 32.1. The summed E-state index contributed by atoms with van der Waals surface area (Å²) >= 11 is 1.54. The molecule has 1 N–H and O–H groups in total. The maximum atomic E-state index is 12.0. The van der Waals surface area contributed by atoms with E-state index in [2.05, 4.69) is 5.32 Å². The molecule has 3 rings (SSSR count). The lowest BCUT2D eigenvalue weighted by Gasteiger charge is -2.04. The number of benzene rings is 1. The monoisotopic (exact) mass is 289 g/mol. The molecule has 0 saturated heterocycles. The maximum absolute atomic E-state index is 12.0. The zero-order valence-electron chi connectivity index (χ0n) is 11.4. The molecule has 106 valence electrons.